The molecule has 0 radical (unpaired) electrons. The minimum Gasteiger partial charge on any atom is -0.378 e. The minimum absolute atomic E-state index is 0.144. The number of nitrogens with zero attached hydrogens (tertiary/aromatic N) is 4. The Hall–Kier alpha value is -1.86. The van der Waals surface area contributed by atoms with E-state index in [1.807, 2.05) is 0 Å². The second-order valence-corrected chi connectivity index (χ2v) is 7.94. The molecule has 2 N–H and O–H groups in total. The van der Waals surface area contributed by atoms with Gasteiger partial charge in [-0.15, -0.1) is 0 Å². The molecule has 0 aromatic carbocycles. The van der Waals surface area contributed by atoms with E-state index in [2.05, 4.69) is 61.0 Å². The molecule has 0 saturated carbocycles. The van der Waals surface area contributed by atoms with E-state index in [0.717, 1.165) is 67.9 Å². The van der Waals surface area contributed by atoms with Gasteiger partial charge in [0.1, 0.15) is 11.5 Å². The van der Waals surface area contributed by atoms with Crippen molar-refractivity contribution < 1.29 is 4.74 Å². The van der Waals surface area contributed by atoms with Crippen molar-refractivity contribution in [2.75, 3.05) is 63.7 Å². The molecule has 2 aromatic rings. The van der Waals surface area contributed by atoms with Crippen LogP contribution in [0.2, 0.25) is 0 Å². The number of aryl methyl sites for hydroxylation is 1. The number of hydrogen-bond acceptors (Lipinski definition) is 6. The van der Waals surface area contributed by atoms with Crippen LogP contribution in [-0.4, -0.2) is 73.3 Å². The number of ether oxygens (including phenoxy) is 1. The van der Waals surface area contributed by atoms with E-state index in [1.54, 1.807) is 0 Å². The summed E-state index contributed by atoms with van der Waals surface area (Å²) in [6, 6.07) is 2.11. The van der Waals surface area contributed by atoms with E-state index in [9.17, 15) is 0 Å². The summed E-state index contributed by atoms with van der Waals surface area (Å²) in [5.74, 6) is 1.67. The van der Waals surface area contributed by atoms with Crippen molar-refractivity contribution in [3.05, 3.63) is 11.8 Å². The van der Waals surface area contributed by atoms with Gasteiger partial charge in [0, 0.05) is 31.9 Å². The maximum atomic E-state index is 5.45. The van der Waals surface area contributed by atoms with Crippen LogP contribution in [0.3, 0.4) is 0 Å². The highest BCUT2D eigenvalue weighted by Crippen LogP contribution is 2.26. The van der Waals surface area contributed by atoms with Gasteiger partial charge in [0.25, 0.3) is 0 Å². The summed E-state index contributed by atoms with van der Waals surface area (Å²) in [5.41, 5.74) is 2.13. The van der Waals surface area contributed by atoms with Crippen molar-refractivity contribution in [3.8, 4) is 0 Å². The fourth-order valence-electron chi connectivity index (χ4n) is 3.40. The van der Waals surface area contributed by atoms with Crippen LogP contribution in [0.15, 0.2) is 6.07 Å². The molecular weight excluding hydrogens is 316 g/mol. The monoisotopic (exact) mass is 346 g/mol. The lowest BCUT2D eigenvalue weighted by Gasteiger charge is -2.29. The smallest absolute Gasteiger partial charge is 0.229 e. The van der Waals surface area contributed by atoms with Gasteiger partial charge in [0.15, 0.2) is 0 Å². The average Bonchev–Trinajstić information content (AvgIpc) is 2.92. The van der Waals surface area contributed by atoms with Crippen molar-refractivity contribution in [3.63, 3.8) is 0 Å². The second-order valence-electron chi connectivity index (χ2n) is 7.94. The van der Waals surface area contributed by atoms with Crippen LogP contribution >= 0.6 is 0 Å². The molecule has 7 heteroatoms. The molecule has 0 atom stereocenters. The summed E-state index contributed by atoms with van der Waals surface area (Å²) in [6.07, 6.45) is 0. The van der Waals surface area contributed by atoms with Crippen molar-refractivity contribution >= 4 is 22.8 Å². The summed E-state index contributed by atoms with van der Waals surface area (Å²) in [6.45, 7) is 11.6. The summed E-state index contributed by atoms with van der Waals surface area (Å²) < 4.78 is 5.45. The third-order valence-electron chi connectivity index (χ3n) is 4.38. The molecular formula is C18H30N6O. The van der Waals surface area contributed by atoms with Gasteiger partial charge in [-0.25, -0.2) is 0 Å². The number of H-pyrrole nitrogens is 1. The number of anilines is 2. The first kappa shape index (κ1) is 17.9. The number of hydrogen-bond donors (Lipinski definition) is 2. The van der Waals surface area contributed by atoms with Crippen LogP contribution in [0.5, 0.6) is 0 Å². The summed E-state index contributed by atoms with van der Waals surface area (Å²) in [4.78, 5) is 17.3. The van der Waals surface area contributed by atoms with Crippen LogP contribution in [0.4, 0.5) is 11.8 Å². The summed E-state index contributed by atoms with van der Waals surface area (Å²) in [5, 5.41) is 4.62. The Labute approximate surface area is 149 Å². The quantitative estimate of drug-likeness (QED) is 0.835. The van der Waals surface area contributed by atoms with E-state index in [1.165, 1.54) is 0 Å². The Bertz CT molecular complexity index is 718. The van der Waals surface area contributed by atoms with Crippen LogP contribution in [0, 0.1) is 12.3 Å². The molecule has 3 rings (SSSR count). The first-order valence-corrected chi connectivity index (χ1v) is 8.93. The molecule has 0 amide bonds. The fraction of sp³-hybridized carbons (Fsp3) is 0.667. The Morgan fingerprint density at radius 2 is 2.00 bits per heavy atom. The third-order valence-corrected chi connectivity index (χ3v) is 4.38. The first-order chi connectivity index (χ1) is 11.8. The maximum Gasteiger partial charge on any atom is 0.229 e. The molecule has 2 aromatic heterocycles. The molecule has 0 bridgehead atoms. The second kappa shape index (κ2) is 7.17. The minimum atomic E-state index is 0.144. The topological polar surface area (TPSA) is 69.3 Å². The zero-order valence-electron chi connectivity index (χ0n) is 16.0. The van der Waals surface area contributed by atoms with E-state index in [-0.39, 0.29) is 5.41 Å². The van der Waals surface area contributed by atoms with Crippen LogP contribution in [-0.2, 0) is 4.74 Å². The zero-order chi connectivity index (χ0) is 18.0. The molecule has 1 aliphatic rings. The highest BCUT2D eigenvalue weighted by Gasteiger charge is 2.21. The van der Waals surface area contributed by atoms with Gasteiger partial charge in [-0.2, -0.15) is 9.97 Å². The fourth-order valence-corrected chi connectivity index (χ4v) is 3.40. The van der Waals surface area contributed by atoms with Crippen LogP contribution < -0.4 is 10.2 Å². The maximum absolute atomic E-state index is 5.45. The molecule has 1 fully saturated rings. The Morgan fingerprint density at radius 3 is 2.68 bits per heavy atom. The van der Waals surface area contributed by atoms with Crippen molar-refractivity contribution in [2.45, 2.75) is 20.8 Å². The number of morpholine rings is 1. The van der Waals surface area contributed by atoms with Gasteiger partial charge in [-0.05, 0) is 32.5 Å². The molecule has 3 heterocycles. The molecule has 0 spiro atoms. The van der Waals surface area contributed by atoms with Gasteiger partial charge in [0.2, 0.25) is 5.95 Å². The molecule has 7 nitrogen and oxygen atoms in total. The van der Waals surface area contributed by atoms with Crippen molar-refractivity contribution in [1.29, 1.82) is 0 Å². The van der Waals surface area contributed by atoms with Crippen LogP contribution in [0.25, 0.3) is 11.0 Å². The zero-order valence-corrected chi connectivity index (χ0v) is 16.0. The molecule has 138 valence electrons. The molecule has 0 aliphatic carbocycles. The number of nitrogens with one attached hydrogen (secondary N) is 2. The van der Waals surface area contributed by atoms with Gasteiger partial charge < -0.3 is 24.8 Å². The van der Waals surface area contributed by atoms with Gasteiger partial charge >= 0.3 is 0 Å². The van der Waals surface area contributed by atoms with E-state index < -0.39 is 0 Å². The first-order valence-electron chi connectivity index (χ1n) is 8.93. The Morgan fingerprint density at radius 1 is 1.28 bits per heavy atom. The highest BCUT2D eigenvalue weighted by molar-refractivity contribution is 5.89. The largest absolute Gasteiger partial charge is 0.378 e. The lowest BCUT2D eigenvalue weighted by molar-refractivity contribution is 0.122. The predicted octanol–water partition coefficient (Wildman–Crippen LogP) is 2.10. The molecule has 25 heavy (non-hydrogen) atoms. The molecule has 0 unspecified atom stereocenters. The van der Waals surface area contributed by atoms with E-state index >= 15 is 0 Å². The third kappa shape index (κ3) is 4.41. The van der Waals surface area contributed by atoms with Crippen molar-refractivity contribution in [2.24, 2.45) is 5.41 Å². The highest BCUT2D eigenvalue weighted by atomic mass is 16.5. The Balaban J connectivity index is 1.87. The number of aromatic amines is 1. The predicted molar refractivity (Wildman–Crippen MR) is 102 cm³/mol. The Kier molecular flexibility index (Phi) is 5.15. The SMILES string of the molecule is Cc1cc2c(NCC(C)(C)CN(C)C)nc(N3CCOCC3)nc2[nH]1. The average molecular weight is 346 g/mol. The van der Waals surface area contributed by atoms with Crippen molar-refractivity contribution in [1.82, 2.24) is 19.9 Å². The number of rotatable bonds is 6. The number of fused-ring (bicyclic) bond motifs is 1. The normalized spacial score (nSPS) is 16.0. The van der Waals surface area contributed by atoms with Crippen LogP contribution in [0.1, 0.15) is 19.5 Å². The van der Waals surface area contributed by atoms with Gasteiger partial charge in [-0.3, -0.25) is 0 Å². The van der Waals surface area contributed by atoms with Gasteiger partial charge in [-0.1, -0.05) is 13.8 Å². The van der Waals surface area contributed by atoms with E-state index in [4.69, 9.17) is 14.7 Å². The lowest BCUT2D eigenvalue weighted by Crippen LogP contribution is -2.37. The lowest BCUT2D eigenvalue weighted by atomic mass is 9.93. The van der Waals surface area contributed by atoms with E-state index in [0.29, 0.717) is 0 Å². The van der Waals surface area contributed by atoms with Gasteiger partial charge in [0.05, 0.1) is 18.6 Å². The molecule has 1 saturated heterocycles. The summed E-state index contributed by atoms with van der Waals surface area (Å²) in [7, 11) is 4.22. The summed E-state index contributed by atoms with van der Waals surface area (Å²) >= 11 is 0. The molecule has 1 aliphatic heterocycles. The number of aromatic nitrogens is 3. The standard InChI is InChI=1S/C18H30N6O/c1-13-10-14-15(19-11-18(2,3)12-23(4)5)21-17(22-16(14)20-13)24-6-8-25-9-7-24/h10H,6-9,11-12H2,1-5H3,(H2,19,20,21,22).